The molecule has 0 aromatic rings. The van der Waals surface area contributed by atoms with Crippen LogP contribution in [0.25, 0.3) is 0 Å². The van der Waals surface area contributed by atoms with Crippen molar-refractivity contribution in [3.63, 3.8) is 0 Å². The van der Waals surface area contributed by atoms with Gasteiger partial charge in [0, 0.05) is 0 Å². The van der Waals surface area contributed by atoms with Crippen LogP contribution in [0.2, 0.25) is 0 Å². The number of carbonyl (C=O) groups excluding carboxylic acids is 2. The highest BCUT2D eigenvalue weighted by Gasteiger charge is 2.31. The van der Waals surface area contributed by atoms with Gasteiger partial charge in [-0.05, 0) is 0 Å². The Morgan fingerprint density at radius 1 is 1.33 bits per heavy atom. The van der Waals surface area contributed by atoms with E-state index in [1.807, 2.05) is 0 Å². The topological polar surface area (TPSA) is 129 Å². The minimum atomic E-state index is -5.12. The molecule has 0 bridgehead atoms. The van der Waals surface area contributed by atoms with E-state index in [1.54, 1.807) is 0 Å². The second-order valence-electron chi connectivity index (χ2n) is 1.83. The van der Waals surface area contributed by atoms with Crippen molar-refractivity contribution in [2.75, 3.05) is 6.61 Å². The van der Waals surface area contributed by atoms with E-state index in [0.29, 0.717) is 0 Å². The first-order valence-corrected chi connectivity index (χ1v) is 4.09. The van der Waals surface area contributed by atoms with Gasteiger partial charge in [-0.3, -0.25) is 14.1 Å². The third-order valence-electron chi connectivity index (χ3n) is 0.911. The third-order valence-corrected chi connectivity index (χ3v) is 1.58. The molecule has 0 aromatic heterocycles. The average Bonchev–Trinajstić information content (AvgIpc) is 1.98. The number of aliphatic hydroxyl groups is 2. The first kappa shape index (κ1) is 11.2. The van der Waals surface area contributed by atoms with Gasteiger partial charge in [0.05, 0.1) is 6.61 Å². The number of hydrogen-bond acceptors (Lipinski definition) is 6. The minimum absolute atomic E-state index is 1.08. The SMILES string of the molecule is O=C(C(=O)S(=O)(=O)O)C(O)CO. The lowest BCUT2D eigenvalue weighted by Crippen LogP contribution is -2.35. The van der Waals surface area contributed by atoms with E-state index in [0.717, 1.165) is 0 Å². The second-order valence-corrected chi connectivity index (χ2v) is 3.15. The van der Waals surface area contributed by atoms with Crippen molar-refractivity contribution in [1.29, 1.82) is 0 Å². The molecule has 0 aliphatic carbocycles. The summed E-state index contributed by atoms with van der Waals surface area (Å²) in [6.45, 7) is -1.08. The number of carbonyl (C=O) groups is 2. The first-order chi connectivity index (χ1) is 5.30. The maximum atomic E-state index is 10.4. The molecule has 3 N–H and O–H groups in total. The van der Waals surface area contributed by atoms with Gasteiger partial charge in [0.25, 0.3) is 0 Å². The van der Waals surface area contributed by atoms with Gasteiger partial charge in [0.2, 0.25) is 5.78 Å². The summed E-state index contributed by atoms with van der Waals surface area (Å²) in [5, 5.41) is 14.4. The van der Waals surface area contributed by atoms with Crippen molar-refractivity contribution in [2.45, 2.75) is 6.10 Å². The molecule has 0 radical (unpaired) electrons. The summed E-state index contributed by atoms with van der Waals surface area (Å²) in [6.07, 6.45) is -2.11. The molecule has 0 rings (SSSR count). The Balaban J connectivity index is 4.65. The van der Waals surface area contributed by atoms with Crippen LogP contribution in [0, 0.1) is 0 Å². The fraction of sp³-hybridized carbons (Fsp3) is 0.500. The van der Waals surface area contributed by atoms with Crippen LogP contribution in [0.5, 0.6) is 0 Å². The van der Waals surface area contributed by atoms with Crippen molar-refractivity contribution < 1.29 is 32.8 Å². The Hall–Kier alpha value is -0.830. The molecule has 1 atom stereocenters. The Labute approximate surface area is 67.4 Å². The van der Waals surface area contributed by atoms with Gasteiger partial charge in [-0.15, -0.1) is 0 Å². The highest BCUT2D eigenvalue weighted by Crippen LogP contribution is 1.92. The van der Waals surface area contributed by atoms with Crippen LogP contribution in [0.3, 0.4) is 0 Å². The van der Waals surface area contributed by atoms with Crippen molar-refractivity contribution in [3.05, 3.63) is 0 Å². The third kappa shape index (κ3) is 2.66. The summed E-state index contributed by atoms with van der Waals surface area (Å²) in [5.74, 6) is -1.76. The predicted molar refractivity (Wildman–Crippen MR) is 34.7 cm³/mol. The van der Waals surface area contributed by atoms with Crippen LogP contribution in [-0.4, -0.2) is 46.8 Å². The first-order valence-electron chi connectivity index (χ1n) is 2.65. The van der Waals surface area contributed by atoms with Gasteiger partial charge >= 0.3 is 15.2 Å². The zero-order chi connectivity index (χ0) is 9.94. The summed E-state index contributed by atoms with van der Waals surface area (Å²) in [7, 11) is -5.12. The fourth-order valence-electron chi connectivity index (χ4n) is 0.346. The van der Waals surface area contributed by atoms with Gasteiger partial charge in [-0.2, -0.15) is 8.42 Å². The maximum Gasteiger partial charge on any atom is 0.341 e. The number of aliphatic hydroxyl groups excluding tert-OH is 2. The molecule has 12 heavy (non-hydrogen) atoms. The molecule has 0 aromatic carbocycles. The van der Waals surface area contributed by atoms with Crippen molar-refractivity contribution in [3.8, 4) is 0 Å². The van der Waals surface area contributed by atoms with Crippen LogP contribution in [0.15, 0.2) is 0 Å². The number of ketones is 1. The van der Waals surface area contributed by atoms with E-state index < -0.39 is 33.7 Å². The lowest BCUT2D eigenvalue weighted by atomic mass is 10.3. The molecular formula is C4H6O7S. The summed E-state index contributed by atoms with van der Waals surface area (Å²) < 4.78 is 28.0. The van der Waals surface area contributed by atoms with E-state index in [9.17, 15) is 18.0 Å². The minimum Gasteiger partial charge on any atom is -0.393 e. The van der Waals surface area contributed by atoms with E-state index in [4.69, 9.17) is 14.8 Å². The smallest absolute Gasteiger partial charge is 0.341 e. The molecule has 1 unspecified atom stereocenters. The molecular weight excluding hydrogens is 192 g/mol. The standard InChI is InChI=1S/C4H6O7S/c5-1-2(6)3(7)4(8)12(9,10)11/h2,5-6H,1H2,(H,9,10,11). The quantitative estimate of drug-likeness (QED) is 0.333. The Morgan fingerprint density at radius 2 is 1.75 bits per heavy atom. The molecule has 0 spiro atoms. The van der Waals surface area contributed by atoms with Crippen LogP contribution < -0.4 is 0 Å². The molecule has 0 amide bonds. The van der Waals surface area contributed by atoms with Gasteiger partial charge < -0.3 is 10.2 Å². The maximum absolute atomic E-state index is 10.4. The highest BCUT2D eigenvalue weighted by molar-refractivity contribution is 8.03. The van der Waals surface area contributed by atoms with Gasteiger partial charge in [-0.1, -0.05) is 0 Å². The van der Waals surface area contributed by atoms with Crippen LogP contribution in [-0.2, 0) is 19.7 Å². The molecule has 0 saturated heterocycles. The van der Waals surface area contributed by atoms with Crippen LogP contribution in [0.1, 0.15) is 0 Å². The molecule has 7 nitrogen and oxygen atoms in total. The van der Waals surface area contributed by atoms with Gasteiger partial charge in [0.1, 0.15) is 6.10 Å². The zero-order valence-electron chi connectivity index (χ0n) is 5.67. The number of hydrogen-bond donors (Lipinski definition) is 3. The fourth-order valence-corrected chi connectivity index (χ4v) is 0.736. The largest absolute Gasteiger partial charge is 0.393 e. The van der Waals surface area contributed by atoms with Crippen molar-refractivity contribution >= 4 is 21.0 Å². The second kappa shape index (κ2) is 3.72. The molecule has 0 heterocycles. The van der Waals surface area contributed by atoms with Gasteiger partial charge in [0.15, 0.2) is 0 Å². The van der Waals surface area contributed by atoms with E-state index in [-0.39, 0.29) is 0 Å². The van der Waals surface area contributed by atoms with E-state index in [2.05, 4.69) is 0 Å². The average molecular weight is 198 g/mol. The Kier molecular flexibility index (Phi) is 3.46. The molecule has 8 heteroatoms. The van der Waals surface area contributed by atoms with Crippen LogP contribution >= 0.6 is 0 Å². The molecule has 70 valence electrons. The molecule has 0 saturated carbocycles. The Morgan fingerprint density at radius 3 is 2.00 bits per heavy atom. The monoisotopic (exact) mass is 198 g/mol. The normalized spacial score (nSPS) is 13.9. The van der Waals surface area contributed by atoms with Gasteiger partial charge in [-0.25, -0.2) is 0 Å². The zero-order valence-corrected chi connectivity index (χ0v) is 6.48. The van der Waals surface area contributed by atoms with Crippen LogP contribution in [0.4, 0.5) is 0 Å². The lowest BCUT2D eigenvalue weighted by molar-refractivity contribution is -0.139. The number of rotatable bonds is 3. The highest BCUT2D eigenvalue weighted by atomic mass is 32.2. The van der Waals surface area contributed by atoms with E-state index in [1.165, 1.54) is 0 Å². The summed E-state index contributed by atoms with van der Waals surface area (Å²) in [4.78, 5) is 20.7. The predicted octanol–water partition coefficient (Wildman–Crippen LogP) is -2.68. The summed E-state index contributed by atoms with van der Waals surface area (Å²) in [5.41, 5.74) is 0. The molecule has 0 fully saturated rings. The number of Topliss-reactive ketones (excluding diaryl/α,β-unsaturated/α-hetero) is 1. The molecule has 0 aliphatic heterocycles. The summed E-state index contributed by atoms with van der Waals surface area (Å²) in [6, 6.07) is 0. The lowest BCUT2D eigenvalue weighted by Gasteiger charge is -2.01. The van der Waals surface area contributed by atoms with Crippen molar-refractivity contribution in [2.24, 2.45) is 0 Å². The van der Waals surface area contributed by atoms with Crippen molar-refractivity contribution in [1.82, 2.24) is 0 Å². The summed E-state index contributed by atoms with van der Waals surface area (Å²) >= 11 is 0. The molecule has 0 aliphatic rings. The Bertz CT molecular complexity index is 289. The van der Waals surface area contributed by atoms with E-state index >= 15 is 0 Å².